The lowest BCUT2D eigenvalue weighted by Gasteiger charge is -2.22. The third-order valence-corrected chi connectivity index (χ3v) is 4.03. The first kappa shape index (κ1) is 15.2. The number of aryl methyl sites for hydroxylation is 2. The zero-order valence-corrected chi connectivity index (χ0v) is 13.4. The van der Waals surface area contributed by atoms with Crippen molar-refractivity contribution in [3.8, 4) is 0 Å². The molecule has 0 radical (unpaired) electrons. The summed E-state index contributed by atoms with van der Waals surface area (Å²) >= 11 is 0. The summed E-state index contributed by atoms with van der Waals surface area (Å²) in [5, 5.41) is 4.25. The monoisotopic (exact) mass is 300 g/mol. The van der Waals surface area contributed by atoms with Gasteiger partial charge in [-0.1, -0.05) is 6.07 Å². The van der Waals surface area contributed by atoms with Crippen molar-refractivity contribution >= 4 is 0 Å². The van der Waals surface area contributed by atoms with Crippen LogP contribution in [0.25, 0.3) is 0 Å². The minimum Gasteiger partial charge on any atom is -0.380 e. The first-order chi connectivity index (χ1) is 10.7. The molecule has 2 aromatic heterocycles. The Labute approximate surface area is 131 Å². The summed E-state index contributed by atoms with van der Waals surface area (Å²) in [6.45, 7) is 6.63. The zero-order valence-electron chi connectivity index (χ0n) is 13.4. The fourth-order valence-corrected chi connectivity index (χ4v) is 3.04. The molecule has 0 N–H and O–H groups in total. The lowest BCUT2D eigenvalue weighted by atomic mass is 10.0. The molecule has 3 heterocycles. The summed E-state index contributed by atoms with van der Waals surface area (Å²) in [5.74, 6) is 0.494. The molecule has 1 saturated heterocycles. The van der Waals surface area contributed by atoms with Crippen LogP contribution in [-0.2, 0) is 24.8 Å². The Bertz CT molecular complexity index is 610. The SMILES string of the molecule is Cc1cccc(CC2COCCN(Cc3cnn(C)c3)C2)n1. The van der Waals surface area contributed by atoms with Crippen LogP contribution in [0.4, 0.5) is 0 Å². The van der Waals surface area contributed by atoms with E-state index < -0.39 is 0 Å². The van der Waals surface area contributed by atoms with E-state index in [0.717, 1.165) is 50.7 Å². The molecular weight excluding hydrogens is 276 g/mol. The van der Waals surface area contributed by atoms with Crippen LogP contribution in [0.2, 0.25) is 0 Å². The Kier molecular flexibility index (Phi) is 4.85. The number of nitrogens with zero attached hydrogens (tertiary/aromatic N) is 4. The van der Waals surface area contributed by atoms with Crippen molar-refractivity contribution in [3.05, 3.63) is 47.5 Å². The number of aromatic nitrogens is 3. The van der Waals surface area contributed by atoms with Crippen LogP contribution in [0, 0.1) is 12.8 Å². The van der Waals surface area contributed by atoms with Crippen LogP contribution in [-0.4, -0.2) is 46.0 Å². The van der Waals surface area contributed by atoms with Gasteiger partial charge < -0.3 is 4.74 Å². The first-order valence-electron chi connectivity index (χ1n) is 7.89. The third kappa shape index (κ3) is 4.15. The maximum Gasteiger partial charge on any atom is 0.0593 e. The van der Waals surface area contributed by atoms with Gasteiger partial charge in [0.15, 0.2) is 0 Å². The predicted molar refractivity (Wildman–Crippen MR) is 85.5 cm³/mol. The molecule has 3 rings (SSSR count). The predicted octanol–water partition coefficient (Wildman–Crippen LogP) is 1.81. The molecule has 1 aliphatic rings. The largest absolute Gasteiger partial charge is 0.380 e. The second kappa shape index (κ2) is 7.03. The number of pyridine rings is 1. The molecule has 0 saturated carbocycles. The Morgan fingerprint density at radius 3 is 3.05 bits per heavy atom. The molecule has 1 atom stereocenters. The maximum absolute atomic E-state index is 5.79. The van der Waals surface area contributed by atoms with Crippen LogP contribution in [0.1, 0.15) is 17.0 Å². The molecule has 22 heavy (non-hydrogen) atoms. The highest BCUT2D eigenvalue weighted by molar-refractivity contribution is 5.11. The van der Waals surface area contributed by atoms with Gasteiger partial charge in [0, 0.05) is 55.7 Å². The van der Waals surface area contributed by atoms with Crippen LogP contribution in [0.5, 0.6) is 0 Å². The molecule has 1 aliphatic heterocycles. The van der Waals surface area contributed by atoms with E-state index in [-0.39, 0.29) is 0 Å². The minimum atomic E-state index is 0.494. The van der Waals surface area contributed by atoms with Gasteiger partial charge in [-0.2, -0.15) is 5.10 Å². The highest BCUT2D eigenvalue weighted by Gasteiger charge is 2.20. The second-order valence-electron chi connectivity index (χ2n) is 6.17. The highest BCUT2D eigenvalue weighted by Crippen LogP contribution is 2.15. The normalized spacial score (nSPS) is 20.0. The molecule has 2 aromatic rings. The van der Waals surface area contributed by atoms with Gasteiger partial charge in [0.1, 0.15) is 0 Å². The van der Waals surface area contributed by atoms with Gasteiger partial charge in [-0.25, -0.2) is 0 Å². The number of hydrogen-bond acceptors (Lipinski definition) is 4. The lowest BCUT2D eigenvalue weighted by molar-refractivity contribution is 0.121. The van der Waals surface area contributed by atoms with E-state index in [1.165, 1.54) is 5.56 Å². The van der Waals surface area contributed by atoms with E-state index in [0.29, 0.717) is 5.92 Å². The Balaban J connectivity index is 1.62. The van der Waals surface area contributed by atoms with Crippen molar-refractivity contribution < 1.29 is 4.74 Å². The van der Waals surface area contributed by atoms with E-state index in [1.54, 1.807) is 0 Å². The Morgan fingerprint density at radius 2 is 2.27 bits per heavy atom. The zero-order chi connectivity index (χ0) is 15.4. The van der Waals surface area contributed by atoms with E-state index in [9.17, 15) is 0 Å². The van der Waals surface area contributed by atoms with Gasteiger partial charge >= 0.3 is 0 Å². The van der Waals surface area contributed by atoms with Gasteiger partial charge in [-0.05, 0) is 25.5 Å². The average Bonchev–Trinajstić information content (AvgIpc) is 2.75. The molecule has 0 aromatic carbocycles. The summed E-state index contributed by atoms with van der Waals surface area (Å²) in [4.78, 5) is 7.09. The van der Waals surface area contributed by atoms with Crippen LogP contribution >= 0.6 is 0 Å². The lowest BCUT2D eigenvalue weighted by Crippen LogP contribution is -2.30. The first-order valence-corrected chi connectivity index (χ1v) is 7.89. The molecule has 0 amide bonds. The summed E-state index contributed by atoms with van der Waals surface area (Å²) < 4.78 is 7.65. The van der Waals surface area contributed by atoms with Gasteiger partial charge in [0.25, 0.3) is 0 Å². The third-order valence-electron chi connectivity index (χ3n) is 4.03. The van der Waals surface area contributed by atoms with Crippen LogP contribution < -0.4 is 0 Å². The van der Waals surface area contributed by atoms with Crippen LogP contribution in [0.3, 0.4) is 0 Å². The summed E-state index contributed by atoms with van der Waals surface area (Å²) in [6, 6.07) is 6.24. The number of ether oxygens (including phenoxy) is 1. The molecule has 5 heteroatoms. The molecule has 118 valence electrons. The smallest absolute Gasteiger partial charge is 0.0593 e. The van der Waals surface area contributed by atoms with Crippen molar-refractivity contribution in [1.29, 1.82) is 0 Å². The molecule has 1 unspecified atom stereocenters. The second-order valence-corrected chi connectivity index (χ2v) is 6.17. The summed E-state index contributed by atoms with van der Waals surface area (Å²) in [5.41, 5.74) is 3.51. The van der Waals surface area contributed by atoms with E-state index >= 15 is 0 Å². The average molecular weight is 300 g/mol. The summed E-state index contributed by atoms with van der Waals surface area (Å²) in [6.07, 6.45) is 5.01. The van der Waals surface area contributed by atoms with Gasteiger partial charge in [0.2, 0.25) is 0 Å². The Morgan fingerprint density at radius 1 is 1.36 bits per heavy atom. The number of rotatable bonds is 4. The van der Waals surface area contributed by atoms with E-state index in [1.807, 2.05) is 30.9 Å². The van der Waals surface area contributed by atoms with E-state index in [4.69, 9.17) is 4.74 Å². The molecule has 0 aliphatic carbocycles. The van der Waals surface area contributed by atoms with Gasteiger partial charge in [-0.3, -0.25) is 14.6 Å². The maximum atomic E-state index is 5.79. The number of hydrogen-bond donors (Lipinski definition) is 0. The standard InChI is InChI=1S/C17H24N4O/c1-14-4-3-5-17(19-14)8-15-11-21(6-7-22-13-15)12-16-9-18-20(2)10-16/h3-5,9-10,15H,6-8,11-13H2,1-2H3. The fraction of sp³-hybridized carbons (Fsp3) is 0.529. The quantitative estimate of drug-likeness (QED) is 0.864. The molecule has 0 spiro atoms. The van der Waals surface area contributed by atoms with Crippen molar-refractivity contribution in [2.24, 2.45) is 13.0 Å². The molecule has 1 fully saturated rings. The topological polar surface area (TPSA) is 43.2 Å². The van der Waals surface area contributed by atoms with Gasteiger partial charge in [0.05, 0.1) is 19.4 Å². The van der Waals surface area contributed by atoms with Crippen molar-refractivity contribution in [3.63, 3.8) is 0 Å². The van der Waals surface area contributed by atoms with Crippen molar-refractivity contribution in [1.82, 2.24) is 19.7 Å². The molecule has 0 bridgehead atoms. The van der Waals surface area contributed by atoms with Crippen molar-refractivity contribution in [2.45, 2.75) is 19.9 Å². The van der Waals surface area contributed by atoms with Crippen LogP contribution in [0.15, 0.2) is 30.6 Å². The summed E-state index contributed by atoms with van der Waals surface area (Å²) in [7, 11) is 1.96. The molecule has 5 nitrogen and oxygen atoms in total. The minimum absolute atomic E-state index is 0.494. The molecular formula is C17H24N4O. The van der Waals surface area contributed by atoms with Gasteiger partial charge in [-0.15, -0.1) is 0 Å². The Hall–Kier alpha value is -1.72. The van der Waals surface area contributed by atoms with Crippen molar-refractivity contribution in [2.75, 3.05) is 26.3 Å². The van der Waals surface area contributed by atoms with E-state index in [2.05, 4.69) is 33.3 Å². The highest BCUT2D eigenvalue weighted by atomic mass is 16.5. The fourth-order valence-electron chi connectivity index (χ4n) is 3.04.